The van der Waals surface area contributed by atoms with E-state index >= 15 is 0 Å². The number of ketones is 2. The smallest absolute Gasteiger partial charge is 0.375 e. The Hall–Kier alpha value is -1.19. The van der Waals surface area contributed by atoms with Crippen LogP contribution in [0.25, 0.3) is 0 Å². The zero-order chi connectivity index (χ0) is 9.14. The summed E-state index contributed by atoms with van der Waals surface area (Å²) >= 11 is 0. The number of rotatable bonds is 2. The van der Waals surface area contributed by atoms with E-state index in [0.717, 1.165) is 7.11 Å². The first-order valence-corrected chi connectivity index (χ1v) is 3.81. The molecule has 0 aromatic rings. The third kappa shape index (κ3) is 1.52. The normalized spacial score (nSPS) is 22.4. The van der Waals surface area contributed by atoms with Gasteiger partial charge in [0.1, 0.15) is 5.78 Å². The van der Waals surface area contributed by atoms with Crippen molar-refractivity contribution in [1.82, 2.24) is 0 Å². The minimum absolute atomic E-state index is 0.134. The van der Waals surface area contributed by atoms with Gasteiger partial charge in [-0.15, -0.1) is 0 Å². The number of hydrogen-bond acceptors (Lipinski definition) is 4. The van der Waals surface area contributed by atoms with Crippen molar-refractivity contribution in [3.63, 3.8) is 0 Å². The first-order valence-electron chi connectivity index (χ1n) is 3.81. The third-order valence-corrected chi connectivity index (χ3v) is 2.01. The molecule has 1 atom stereocenters. The molecule has 0 amide bonds. The van der Waals surface area contributed by atoms with Gasteiger partial charge in [0.15, 0.2) is 0 Å². The molecular formula is C8H10O4. The molecule has 0 spiro atoms. The van der Waals surface area contributed by atoms with Gasteiger partial charge in [-0.1, -0.05) is 0 Å². The van der Waals surface area contributed by atoms with Crippen molar-refractivity contribution in [2.24, 2.45) is 5.92 Å². The highest BCUT2D eigenvalue weighted by Crippen LogP contribution is 2.22. The highest BCUT2D eigenvalue weighted by molar-refractivity contribution is 6.38. The van der Waals surface area contributed by atoms with Crippen molar-refractivity contribution in [2.75, 3.05) is 7.11 Å². The summed E-state index contributed by atoms with van der Waals surface area (Å²) < 4.78 is 4.23. The summed E-state index contributed by atoms with van der Waals surface area (Å²) in [6.07, 6.45) is 1.60. The number of carbonyl (C=O) groups excluding carboxylic acids is 3. The van der Waals surface area contributed by atoms with Gasteiger partial charge in [-0.2, -0.15) is 0 Å². The van der Waals surface area contributed by atoms with Crippen molar-refractivity contribution < 1.29 is 19.1 Å². The maximum atomic E-state index is 11.1. The van der Waals surface area contributed by atoms with E-state index < -0.39 is 17.7 Å². The van der Waals surface area contributed by atoms with Gasteiger partial charge in [-0.05, 0) is 12.8 Å². The van der Waals surface area contributed by atoms with Gasteiger partial charge < -0.3 is 4.74 Å². The lowest BCUT2D eigenvalue weighted by molar-refractivity contribution is -0.154. The number of ether oxygens (including phenoxy) is 1. The van der Waals surface area contributed by atoms with Crippen LogP contribution in [-0.4, -0.2) is 24.6 Å². The maximum Gasteiger partial charge on any atom is 0.375 e. The quantitative estimate of drug-likeness (QED) is 0.335. The number of carbonyl (C=O) groups is 3. The molecule has 4 nitrogen and oxygen atoms in total. The summed E-state index contributed by atoms with van der Waals surface area (Å²) in [6.45, 7) is 0. The van der Waals surface area contributed by atoms with Gasteiger partial charge in [0.2, 0.25) is 5.78 Å². The molecule has 1 unspecified atom stereocenters. The van der Waals surface area contributed by atoms with Crippen molar-refractivity contribution in [3.8, 4) is 0 Å². The van der Waals surface area contributed by atoms with E-state index in [4.69, 9.17) is 0 Å². The lowest BCUT2D eigenvalue weighted by Crippen LogP contribution is -2.27. The second-order valence-corrected chi connectivity index (χ2v) is 2.77. The molecule has 0 aromatic carbocycles. The van der Waals surface area contributed by atoms with Crippen LogP contribution in [0, 0.1) is 5.92 Å². The Bertz CT molecular complexity index is 231. The fourth-order valence-electron chi connectivity index (χ4n) is 1.34. The largest absolute Gasteiger partial charge is 0.463 e. The van der Waals surface area contributed by atoms with Crippen LogP contribution in [0.3, 0.4) is 0 Å². The molecular weight excluding hydrogens is 160 g/mol. The van der Waals surface area contributed by atoms with E-state index in [0.29, 0.717) is 19.3 Å². The van der Waals surface area contributed by atoms with Crippen LogP contribution in [0.1, 0.15) is 19.3 Å². The Kier molecular flexibility index (Phi) is 2.58. The average molecular weight is 170 g/mol. The second-order valence-electron chi connectivity index (χ2n) is 2.77. The number of hydrogen-bond donors (Lipinski definition) is 0. The first-order chi connectivity index (χ1) is 5.66. The molecule has 0 N–H and O–H groups in total. The van der Waals surface area contributed by atoms with Crippen LogP contribution in [0.5, 0.6) is 0 Å². The van der Waals surface area contributed by atoms with Crippen LogP contribution >= 0.6 is 0 Å². The lowest BCUT2D eigenvalue weighted by Gasteiger charge is -2.03. The molecule has 0 aliphatic heterocycles. The van der Waals surface area contributed by atoms with Gasteiger partial charge in [0.25, 0.3) is 0 Å². The SMILES string of the molecule is COC(=O)C(=O)C1CCCC1=O. The molecule has 66 valence electrons. The van der Waals surface area contributed by atoms with Crippen LogP contribution in [-0.2, 0) is 19.1 Å². The minimum Gasteiger partial charge on any atom is -0.463 e. The molecule has 12 heavy (non-hydrogen) atoms. The molecule has 0 bridgehead atoms. The summed E-state index contributed by atoms with van der Waals surface area (Å²) in [5.41, 5.74) is 0. The summed E-state index contributed by atoms with van der Waals surface area (Å²) in [6, 6.07) is 0. The Morgan fingerprint density at radius 3 is 2.58 bits per heavy atom. The van der Waals surface area contributed by atoms with E-state index in [1.165, 1.54) is 0 Å². The molecule has 1 aliphatic rings. The van der Waals surface area contributed by atoms with Crippen LogP contribution in [0.15, 0.2) is 0 Å². The third-order valence-electron chi connectivity index (χ3n) is 2.01. The molecule has 1 rings (SSSR count). The predicted molar refractivity (Wildman–Crippen MR) is 39.4 cm³/mol. The minimum atomic E-state index is -0.907. The highest BCUT2D eigenvalue weighted by atomic mass is 16.5. The molecule has 4 heteroatoms. The van der Waals surface area contributed by atoms with Gasteiger partial charge in [-0.25, -0.2) is 4.79 Å². The zero-order valence-corrected chi connectivity index (χ0v) is 6.83. The van der Waals surface area contributed by atoms with Crippen LogP contribution in [0.2, 0.25) is 0 Å². The summed E-state index contributed by atoms with van der Waals surface area (Å²) in [5, 5.41) is 0. The Morgan fingerprint density at radius 2 is 2.17 bits per heavy atom. The molecule has 1 aliphatic carbocycles. The molecule has 1 saturated carbocycles. The second kappa shape index (κ2) is 3.47. The van der Waals surface area contributed by atoms with Crippen molar-refractivity contribution in [3.05, 3.63) is 0 Å². The van der Waals surface area contributed by atoms with Crippen molar-refractivity contribution in [1.29, 1.82) is 0 Å². The highest BCUT2D eigenvalue weighted by Gasteiger charge is 2.35. The number of Topliss-reactive ketones (excluding diaryl/α,β-unsaturated/α-hetero) is 2. The average Bonchev–Trinajstić information content (AvgIpc) is 2.48. The summed E-state index contributed by atoms with van der Waals surface area (Å²) in [5.74, 6) is -2.46. The first kappa shape index (κ1) is 8.90. The Balaban J connectivity index is 2.63. The van der Waals surface area contributed by atoms with E-state index in [1.807, 2.05) is 0 Å². The Morgan fingerprint density at radius 1 is 1.50 bits per heavy atom. The predicted octanol–water partition coefficient (Wildman–Crippen LogP) is 0.0977. The summed E-state index contributed by atoms with van der Waals surface area (Å²) in [7, 11) is 1.14. The summed E-state index contributed by atoms with van der Waals surface area (Å²) in [4.78, 5) is 32.8. The van der Waals surface area contributed by atoms with Gasteiger partial charge >= 0.3 is 5.97 Å². The monoisotopic (exact) mass is 170 g/mol. The van der Waals surface area contributed by atoms with Crippen LogP contribution in [0.4, 0.5) is 0 Å². The zero-order valence-electron chi connectivity index (χ0n) is 6.83. The Labute approximate surface area is 69.9 Å². The van der Waals surface area contributed by atoms with Gasteiger partial charge in [-0.3, -0.25) is 9.59 Å². The molecule has 1 fully saturated rings. The van der Waals surface area contributed by atoms with E-state index in [-0.39, 0.29) is 5.78 Å². The standard InChI is InChI=1S/C8H10O4/c1-12-8(11)7(10)5-3-2-4-6(5)9/h5H,2-4H2,1H3. The topological polar surface area (TPSA) is 60.4 Å². The molecule has 0 aromatic heterocycles. The van der Waals surface area contributed by atoms with Crippen LogP contribution < -0.4 is 0 Å². The molecule has 0 radical (unpaired) electrons. The van der Waals surface area contributed by atoms with E-state index in [2.05, 4.69) is 4.74 Å². The van der Waals surface area contributed by atoms with Gasteiger partial charge in [0, 0.05) is 6.42 Å². The van der Waals surface area contributed by atoms with Crippen molar-refractivity contribution in [2.45, 2.75) is 19.3 Å². The molecule has 0 heterocycles. The van der Waals surface area contributed by atoms with Crippen molar-refractivity contribution >= 4 is 17.5 Å². The van der Waals surface area contributed by atoms with E-state index in [9.17, 15) is 14.4 Å². The fraction of sp³-hybridized carbons (Fsp3) is 0.625. The molecule has 0 saturated heterocycles. The fourth-order valence-corrected chi connectivity index (χ4v) is 1.34. The lowest BCUT2D eigenvalue weighted by atomic mass is 10.0. The number of methoxy groups -OCH3 is 1. The van der Waals surface area contributed by atoms with Gasteiger partial charge in [0.05, 0.1) is 13.0 Å². The van der Waals surface area contributed by atoms with E-state index in [1.54, 1.807) is 0 Å². The number of esters is 1. The maximum absolute atomic E-state index is 11.1.